The standard InChI is InChI=1S/C14H14N2S/c1-2-9-16-12-7-4-3-6-11(12)15-14(16)13-8-5-10-17-13/h3-8,10H,2,9H2,1H3/p+1. The minimum absolute atomic E-state index is 1.05. The number of hydrogen-bond acceptors (Lipinski definition) is 1. The van der Waals surface area contributed by atoms with Gasteiger partial charge < -0.3 is 0 Å². The maximum Gasteiger partial charge on any atom is 0.297 e. The van der Waals surface area contributed by atoms with Crippen molar-refractivity contribution in [3.8, 4) is 10.7 Å². The Hall–Kier alpha value is -1.61. The number of aromatic nitrogens is 2. The Morgan fingerprint density at radius 1 is 1.18 bits per heavy atom. The Morgan fingerprint density at radius 2 is 2.06 bits per heavy atom. The number of H-pyrrole nitrogens is 1. The summed E-state index contributed by atoms with van der Waals surface area (Å²) in [6.07, 6.45) is 1.14. The fourth-order valence-corrected chi connectivity index (χ4v) is 2.93. The zero-order valence-electron chi connectivity index (χ0n) is 9.81. The molecule has 0 amide bonds. The van der Waals surface area contributed by atoms with Crippen molar-refractivity contribution >= 4 is 22.4 Å². The Balaban J connectivity index is 2.26. The van der Waals surface area contributed by atoms with Crippen LogP contribution in [0.3, 0.4) is 0 Å². The lowest BCUT2D eigenvalue weighted by Gasteiger charge is -1.97. The highest BCUT2D eigenvalue weighted by atomic mass is 32.1. The van der Waals surface area contributed by atoms with Crippen molar-refractivity contribution in [2.24, 2.45) is 0 Å². The van der Waals surface area contributed by atoms with Gasteiger partial charge in [0, 0.05) is 0 Å². The summed E-state index contributed by atoms with van der Waals surface area (Å²) < 4.78 is 2.38. The molecule has 3 rings (SSSR count). The molecule has 17 heavy (non-hydrogen) atoms. The first-order valence-corrected chi connectivity index (χ1v) is 6.82. The normalized spacial score (nSPS) is 11.1. The van der Waals surface area contributed by atoms with Crippen molar-refractivity contribution < 1.29 is 4.57 Å². The second kappa shape index (κ2) is 4.34. The lowest BCUT2D eigenvalue weighted by molar-refractivity contribution is -0.660. The summed E-state index contributed by atoms with van der Waals surface area (Å²) in [5.74, 6) is 1.23. The molecule has 2 aromatic heterocycles. The van der Waals surface area contributed by atoms with E-state index < -0.39 is 0 Å². The summed E-state index contributed by atoms with van der Waals surface area (Å²) in [6, 6.07) is 12.8. The van der Waals surface area contributed by atoms with Gasteiger partial charge in [-0.1, -0.05) is 25.1 Å². The van der Waals surface area contributed by atoms with Crippen LogP contribution in [0.4, 0.5) is 0 Å². The number of nitrogens with one attached hydrogen (secondary N) is 1. The summed E-state index contributed by atoms with van der Waals surface area (Å²) in [6.45, 7) is 3.27. The molecule has 0 aliphatic rings. The number of nitrogens with zero attached hydrogens (tertiary/aromatic N) is 1. The maximum atomic E-state index is 3.52. The zero-order valence-corrected chi connectivity index (χ0v) is 10.6. The van der Waals surface area contributed by atoms with Crippen LogP contribution in [0.15, 0.2) is 41.8 Å². The van der Waals surface area contributed by atoms with Gasteiger partial charge in [-0.25, -0.2) is 9.55 Å². The van der Waals surface area contributed by atoms with Crippen LogP contribution in [-0.4, -0.2) is 4.98 Å². The van der Waals surface area contributed by atoms with Crippen LogP contribution in [0.1, 0.15) is 13.3 Å². The van der Waals surface area contributed by atoms with Gasteiger partial charge in [0.2, 0.25) is 0 Å². The van der Waals surface area contributed by atoms with Crippen LogP contribution in [0.25, 0.3) is 21.7 Å². The molecule has 2 heterocycles. The Bertz CT molecular complexity index is 623. The molecule has 86 valence electrons. The third-order valence-electron chi connectivity index (χ3n) is 2.92. The third kappa shape index (κ3) is 1.76. The smallest absolute Gasteiger partial charge is 0.236 e. The number of benzene rings is 1. The summed E-state index contributed by atoms with van der Waals surface area (Å²) in [5.41, 5.74) is 2.50. The highest BCUT2D eigenvalue weighted by Gasteiger charge is 2.19. The largest absolute Gasteiger partial charge is 0.297 e. The van der Waals surface area contributed by atoms with Crippen LogP contribution in [-0.2, 0) is 6.54 Å². The van der Waals surface area contributed by atoms with Crippen LogP contribution >= 0.6 is 11.3 Å². The minimum Gasteiger partial charge on any atom is -0.236 e. The van der Waals surface area contributed by atoms with Crippen LogP contribution < -0.4 is 4.57 Å². The van der Waals surface area contributed by atoms with Crippen molar-refractivity contribution in [1.29, 1.82) is 0 Å². The summed E-state index contributed by atoms with van der Waals surface area (Å²) in [5, 5.41) is 2.12. The summed E-state index contributed by atoms with van der Waals surface area (Å²) >= 11 is 1.78. The van der Waals surface area contributed by atoms with Crippen LogP contribution in [0.5, 0.6) is 0 Å². The van der Waals surface area contributed by atoms with Crippen molar-refractivity contribution in [3.63, 3.8) is 0 Å². The van der Waals surface area contributed by atoms with Gasteiger partial charge >= 0.3 is 0 Å². The Morgan fingerprint density at radius 3 is 2.82 bits per heavy atom. The van der Waals surface area contributed by atoms with Crippen LogP contribution in [0, 0.1) is 0 Å². The predicted octanol–water partition coefficient (Wildman–Crippen LogP) is 3.59. The van der Waals surface area contributed by atoms with Crippen molar-refractivity contribution in [2.45, 2.75) is 19.9 Å². The van der Waals surface area contributed by atoms with Crippen molar-refractivity contribution in [1.82, 2.24) is 4.98 Å². The molecule has 0 atom stereocenters. The number of aryl methyl sites for hydroxylation is 1. The molecule has 3 aromatic rings. The van der Waals surface area contributed by atoms with E-state index in [1.165, 1.54) is 21.7 Å². The van der Waals surface area contributed by atoms with Gasteiger partial charge in [-0.3, -0.25) is 0 Å². The number of hydrogen-bond donors (Lipinski definition) is 1. The molecule has 0 aliphatic heterocycles. The molecule has 2 nitrogen and oxygen atoms in total. The van der Waals surface area contributed by atoms with Gasteiger partial charge in [-0.2, -0.15) is 0 Å². The topological polar surface area (TPSA) is 19.7 Å². The van der Waals surface area contributed by atoms with E-state index in [9.17, 15) is 0 Å². The second-order valence-corrected chi connectivity index (χ2v) is 5.07. The van der Waals surface area contributed by atoms with E-state index >= 15 is 0 Å². The molecule has 0 spiro atoms. The molecular weight excluding hydrogens is 228 g/mol. The van der Waals surface area contributed by atoms with E-state index in [-0.39, 0.29) is 0 Å². The molecule has 0 saturated carbocycles. The average molecular weight is 243 g/mol. The van der Waals surface area contributed by atoms with Crippen LogP contribution in [0.2, 0.25) is 0 Å². The zero-order chi connectivity index (χ0) is 11.7. The third-order valence-corrected chi connectivity index (χ3v) is 3.80. The first kappa shape index (κ1) is 10.5. The van der Waals surface area contributed by atoms with Gasteiger partial charge in [0.1, 0.15) is 4.88 Å². The second-order valence-electron chi connectivity index (χ2n) is 4.12. The number of thiophene rings is 1. The van der Waals surface area contributed by atoms with Gasteiger partial charge in [0.05, 0.1) is 6.54 Å². The van der Waals surface area contributed by atoms with Gasteiger partial charge in [-0.05, 0) is 30.0 Å². The Labute approximate surface area is 105 Å². The van der Waals surface area contributed by atoms with Gasteiger partial charge in [-0.15, -0.1) is 11.3 Å². The number of aromatic amines is 1. The molecule has 0 unspecified atom stereocenters. The first-order chi connectivity index (χ1) is 8.40. The van der Waals surface area contributed by atoms with Crippen molar-refractivity contribution in [2.75, 3.05) is 0 Å². The molecule has 0 saturated heterocycles. The SMILES string of the molecule is CCC[n+]1c(-c2cccs2)[nH]c2ccccc21. The molecule has 1 N–H and O–H groups in total. The molecule has 0 aliphatic carbocycles. The summed E-state index contributed by atoms with van der Waals surface area (Å²) in [7, 11) is 0. The lowest BCUT2D eigenvalue weighted by atomic mass is 10.3. The van der Waals surface area contributed by atoms with Gasteiger partial charge in [0.15, 0.2) is 11.0 Å². The molecule has 0 fully saturated rings. The summed E-state index contributed by atoms with van der Waals surface area (Å²) in [4.78, 5) is 4.83. The molecule has 0 bridgehead atoms. The van der Waals surface area contributed by atoms with E-state index in [0.717, 1.165) is 13.0 Å². The molecule has 0 radical (unpaired) electrons. The van der Waals surface area contributed by atoms with E-state index in [1.807, 2.05) is 0 Å². The molecule has 1 aromatic carbocycles. The van der Waals surface area contributed by atoms with E-state index in [0.29, 0.717) is 0 Å². The van der Waals surface area contributed by atoms with Crippen molar-refractivity contribution in [3.05, 3.63) is 41.8 Å². The first-order valence-electron chi connectivity index (χ1n) is 5.94. The monoisotopic (exact) mass is 243 g/mol. The minimum atomic E-state index is 1.05. The Kier molecular flexibility index (Phi) is 2.69. The molecular formula is C14H15N2S+. The predicted molar refractivity (Wildman–Crippen MR) is 72.1 cm³/mol. The quantitative estimate of drug-likeness (QED) is 0.678. The van der Waals surface area contributed by atoms with E-state index in [4.69, 9.17) is 0 Å². The average Bonchev–Trinajstić information content (AvgIpc) is 2.97. The van der Waals surface area contributed by atoms with E-state index in [2.05, 4.69) is 58.3 Å². The maximum absolute atomic E-state index is 3.52. The number of rotatable bonds is 3. The fraction of sp³-hybridized carbons (Fsp3) is 0.214. The number of fused-ring (bicyclic) bond motifs is 1. The van der Waals surface area contributed by atoms with Gasteiger partial charge in [0.25, 0.3) is 5.82 Å². The molecule has 3 heteroatoms. The fourth-order valence-electron chi connectivity index (χ4n) is 2.19. The highest BCUT2D eigenvalue weighted by molar-refractivity contribution is 7.13. The van der Waals surface area contributed by atoms with E-state index in [1.54, 1.807) is 11.3 Å². The number of para-hydroxylation sites is 2. The number of imidazole rings is 1. The lowest BCUT2D eigenvalue weighted by Crippen LogP contribution is -2.34. The highest BCUT2D eigenvalue weighted by Crippen LogP contribution is 2.23.